The monoisotopic (exact) mass is 172 g/mol. The average molecular weight is 172 g/mol. The zero-order valence-corrected chi connectivity index (χ0v) is 8.97. The fraction of sp³-hybridized carbons (Fsp3) is 1.00. The molecule has 0 radical (unpaired) electrons. The molecule has 1 aliphatic heterocycles. The maximum Gasteiger partial charge on any atom is 0.171 e. The van der Waals surface area contributed by atoms with Gasteiger partial charge in [-0.3, -0.25) is 0 Å². The predicted octanol–water partition coefficient (Wildman–Crippen LogP) is 2.57. The standard InChI is InChI=1S/C10H20O2/c1-7-8(2)12-10(6,11-7)9(3,4)5/h7-8H,1-6H3/t7-,8-/m1/s1. The molecule has 0 amide bonds. The van der Waals surface area contributed by atoms with Crippen molar-refractivity contribution in [3.63, 3.8) is 0 Å². The first-order chi connectivity index (χ1) is 5.26. The Balaban J connectivity index is 2.77. The van der Waals surface area contributed by atoms with Crippen molar-refractivity contribution >= 4 is 0 Å². The van der Waals surface area contributed by atoms with Crippen LogP contribution in [0.1, 0.15) is 41.5 Å². The summed E-state index contributed by atoms with van der Waals surface area (Å²) in [5.74, 6) is -0.425. The van der Waals surface area contributed by atoms with Crippen LogP contribution in [0.2, 0.25) is 0 Å². The summed E-state index contributed by atoms with van der Waals surface area (Å²) in [6.07, 6.45) is 0.406. The van der Waals surface area contributed by atoms with E-state index in [9.17, 15) is 0 Å². The van der Waals surface area contributed by atoms with Gasteiger partial charge in [0.25, 0.3) is 0 Å². The van der Waals surface area contributed by atoms with Crippen LogP contribution in [-0.4, -0.2) is 18.0 Å². The van der Waals surface area contributed by atoms with Crippen LogP contribution in [0.3, 0.4) is 0 Å². The van der Waals surface area contributed by atoms with Crippen LogP contribution in [-0.2, 0) is 9.47 Å². The lowest BCUT2D eigenvalue weighted by Crippen LogP contribution is -2.41. The van der Waals surface area contributed by atoms with Crippen molar-refractivity contribution < 1.29 is 9.47 Å². The summed E-state index contributed by atoms with van der Waals surface area (Å²) in [5, 5.41) is 0. The van der Waals surface area contributed by atoms with Gasteiger partial charge >= 0.3 is 0 Å². The first kappa shape index (κ1) is 10.0. The lowest BCUT2D eigenvalue weighted by molar-refractivity contribution is -0.221. The zero-order valence-electron chi connectivity index (χ0n) is 8.97. The van der Waals surface area contributed by atoms with E-state index < -0.39 is 5.79 Å². The second kappa shape index (κ2) is 2.71. The van der Waals surface area contributed by atoms with Crippen LogP contribution >= 0.6 is 0 Å². The van der Waals surface area contributed by atoms with Crippen LogP contribution in [0.4, 0.5) is 0 Å². The van der Waals surface area contributed by atoms with E-state index in [2.05, 4.69) is 34.6 Å². The van der Waals surface area contributed by atoms with Crippen LogP contribution in [0.15, 0.2) is 0 Å². The van der Waals surface area contributed by atoms with Crippen molar-refractivity contribution in [1.82, 2.24) is 0 Å². The van der Waals surface area contributed by atoms with Crippen LogP contribution in [0, 0.1) is 5.41 Å². The fourth-order valence-electron chi connectivity index (χ4n) is 1.28. The first-order valence-corrected chi connectivity index (χ1v) is 4.62. The smallest absolute Gasteiger partial charge is 0.171 e. The minimum absolute atomic E-state index is 0.0337. The average Bonchev–Trinajstić information content (AvgIpc) is 2.06. The van der Waals surface area contributed by atoms with Gasteiger partial charge in [0.1, 0.15) is 0 Å². The van der Waals surface area contributed by atoms with Gasteiger partial charge in [0, 0.05) is 5.41 Å². The molecule has 12 heavy (non-hydrogen) atoms. The van der Waals surface area contributed by atoms with Crippen molar-refractivity contribution in [3.05, 3.63) is 0 Å². The van der Waals surface area contributed by atoms with Crippen molar-refractivity contribution in [2.24, 2.45) is 5.41 Å². The molecule has 2 heteroatoms. The molecule has 1 saturated heterocycles. The molecular weight excluding hydrogens is 152 g/mol. The summed E-state index contributed by atoms with van der Waals surface area (Å²) in [6.45, 7) is 12.5. The maximum absolute atomic E-state index is 5.80. The lowest BCUT2D eigenvalue weighted by Gasteiger charge is -2.36. The molecule has 2 nitrogen and oxygen atoms in total. The maximum atomic E-state index is 5.80. The van der Waals surface area contributed by atoms with Gasteiger partial charge in [-0.1, -0.05) is 20.8 Å². The van der Waals surface area contributed by atoms with Crippen molar-refractivity contribution in [2.75, 3.05) is 0 Å². The summed E-state index contributed by atoms with van der Waals surface area (Å²) in [6, 6.07) is 0. The van der Waals surface area contributed by atoms with Gasteiger partial charge in [0.05, 0.1) is 12.2 Å². The van der Waals surface area contributed by atoms with E-state index in [-0.39, 0.29) is 17.6 Å². The highest BCUT2D eigenvalue weighted by molar-refractivity contribution is 4.87. The summed E-state index contributed by atoms with van der Waals surface area (Å²) in [7, 11) is 0. The predicted molar refractivity (Wildman–Crippen MR) is 49.0 cm³/mol. The molecule has 0 N–H and O–H groups in total. The van der Waals surface area contributed by atoms with Crippen molar-refractivity contribution in [1.29, 1.82) is 0 Å². The van der Waals surface area contributed by atoms with Gasteiger partial charge in [-0.25, -0.2) is 0 Å². The number of rotatable bonds is 0. The second-order valence-corrected chi connectivity index (χ2v) is 4.84. The largest absolute Gasteiger partial charge is 0.344 e. The van der Waals surface area contributed by atoms with Gasteiger partial charge in [0.2, 0.25) is 0 Å². The number of ether oxygens (including phenoxy) is 2. The molecule has 0 aromatic heterocycles. The van der Waals surface area contributed by atoms with Crippen molar-refractivity contribution in [3.8, 4) is 0 Å². The third kappa shape index (κ3) is 1.50. The normalized spacial score (nSPS) is 35.5. The van der Waals surface area contributed by atoms with Gasteiger partial charge < -0.3 is 9.47 Å². The molecule has 0 aromatic rings. The van der Waals surface area contributed by atoms with Gasteiger partial charge in [0.15, 0.2) is 5.79 Å². The Hall–Kier alpha value is -0.0800. The molecule has 1 rings (SSSR count). The summed E-state index contributed by atoms with van der Waals surface area (Å²) in [5.41, 5.74) is 0.0337. The Bertz CT molecular complexity index is 159. The fourth-order valence-corrected chi connectivity index (χ4v) is 1.28. The van der Waals surface area contributed by atoms with E-state index in [4.69, 9.17) is 9.47 Å². The third-order valence-electron chi connectivity index (χ3n) is 2.84. The number of hydrogen-bond donors (Lipinski definition) is 0. The highest BCUT2D eigenvalue weighted by atomic mass is 16.8. The Morgan fingerprint density at radius 1 is 1.00 bits per heavy atom. The second-order valence-electron chi connectivity index (χ2n) is 4.84. The highest BCUT2D eigenvalue weighted by Crippen LogP contribution is 2.41. The quantitative estimate of drug-likeness (QED) is 0.559. The minimum atomic E-state index is -0.425. The molecule has 0 saturated carbocycles. The molecule has 1 heterocycles. The van der Waals surface area contributed by atoms with Gasteiger partial charge in [-0.05, 0) is 20.8 Å². The summed E-state index contributed by atoms with van der Waals surface area (Å²) in [4.78, 5) is 0. The lowest BCUT2D eigenvalue weighted by atomic mass is 9.87. The minimum Gasteiger partial charge on any atom is -0.344 e. The zero-order chi connectivity index (χ0) is 9.57. The molecule has 1 aliphatic rings. The van der Waals surface area contributed by atoms with Crippen LogP contribution < -0.4 is 0 Å². The van der Waals surface area contributed by atoms with E-state index >= 15 is 0 Å². The third-order valence-corrected chi connectivity index (χ3v) is 2.84. The Morgan fingerprint density at radius 3 is 1.50 bits per heavy atom. The van der Waals surface area contributed by atoms with Gasteiger partial charge in [-0.2, -0.15) is 0 Å². The Morgan fingerprint density at radius 2 is 1.33 bits per heavy atom. The SMILES string of the molecule is C[C@H]1OC(C)(C(C)(C)C)O[C@@H]1C. The molecule has 2 atom stereocenters. The van der Waals surface area contributed by atoms with E-state index in [0.29, 0.717) is 0 Å². The van der Waals surface area contributed by atoms with E-state index in [1.807, 2.05) is 6.92 Å². The van der Waals surface area contributed by atoms with Crippen LogP contribution in [0.25, 0.3) is 0 Å². The van der Waals surface area contributed by atoms with E-state index in [1.54, 1.807) is 0 Å². The Labute approximate surface area is 75.2 Å². The molecule has 0 spiro atoms. The molecule has 0 bridgehead atoms. The summed E-state index contributed by atoms with van der Waals surface area (Å²) >= 11 is 0. The Kier molecular flexibility index (Phi) is 2.26. The molecule has 0 aliphatic carbocycles. The van der Waals surface area contributed by atoms with E-state index in [0.717, 1.165) is 0 Å². The summed E-state index contributed by atoms with van der Waals surface area (Å²) < 4.78 is 11.6. The first-order valence-electron chi connectivity index (χ1n) is 4.62. The molecule has 0 unspecified atom stereocenters. The van der Waals surface area contributed by atoms with Crippen LogP contribution in [0.5, 0.6) is 0 Å². The molecule has 1 fully saturated rings. The van der Waals surface area contributed by atoms with Gasteiger partial charge in [-0.15, -0.1) is 0 Å². The molecule has 72 valence electrons. The van der Waals surface area contributed by atoms with Crippen molar-refractivity contribution in [2.45, 2.75) is 59.5 Å². The molecule has 0 aromatic carbocycles. The highest BCUT2D eigenvalue weighted by Gasteiger charge is 2.48. The topological polar surface area (TPSA) is 18.5 Å². The number of hydrogen-bond acceptors (Lipinski definition) is 2. The van der Waals surface area contributed by atoms with E-state index in [1.165, 1.54) is 0 Å². The molecular formula is C10H20O2.